The predicted molar refractivity (Wildman–Crippen MR) is 77.3 cm³/mol. The second kappa shape index (κ2) is 5.47. The van der Waals surface area contributed by atoms with Gasteiger partial charge in [0.25, 0.3) is 0 Å². The van der Waals surface area contributed by atoms with Crippen molar-refractivity contribution in [1.29, 1.82) is 0 Å². The molecule has 0 spiro atoms. The molecule has 4 heteroatoms. The third-order valence-corrected chi connectivity index (χ3v) is 3.84. The predicted octanol–water partition coefficient (Wildman–Crippen LogP) is 4.72. The zero-order valence-corrected chi connectivity index (χ0v) is 12.4. The van der Waals surface area contributed by atoms with E-state index in [0.717, 1.165) is 16.6 Å². The van der Waals surface area contributed by atoms with Crippen LogP contribution in [0.2, 0.25) is 4.34 Å². The first-order valence-electron chi connectivity index (χ1n) is 5.98. The summed E-state index contributed by atoms with van der Waals surface area (Å²) in [5.74, 6) is 0.928. The van der Waals surface area contributed by atoms with E-state index in [0.29, 0.717) is 0 Å². The molecular weight excluding hydrogens is 266 g/mol. The van der Waals surface area contributed by atoms with Gasteiger partial charge in [-0.05, 0) is 29.7 Å². The lowest BCUT2D eigenvalue weighted by Gasteiger charge is -2.23. The Hall–Kier alpha value is -0.770. The molecule has 0 bridgehead atoms. The number of furan rings is 1. The van der Waals surface area contributed by atoms with Crippen LogP contribution >= 0.6 is 22.9 Å². The summed E-state index contributed by atoms with van der Waals surface area (Å²) in [7, 11) is 0. The van der Waals surface area contributed by atoms with Crippen molar-refractivity contribution < 1.29 is 4.42 Å². The summed E-state index contributed by atoms with van der Waals surface area (Å²) in [6.45, 7) is 7.54. The van der Waals surface area contributed by atoms with E-state index in [1.165, 1.54) is 4.88 Å². The van der Waals surface area contributed by atoms with E-state index >= 15 is 0 Å². The van der Waals surface area contributed by atoms with Gasteiger partial charge in [-0.2, -0.15) is 0 Å². The van der Waals surface area contributed by atoms with Crippen molar-refractivity contribution in [2.45, 2.75) is 26.8 Å². The number of rotatable bonds is 4. The van der Waals surface area contributed by atoms with Crippen LogP contribution in [0.4, 0.5) is 0 Å². The highest BCUT2D eigenvalue weighted by atomic mass is 35.5. The minimum absolute atomic E-state index is 0.0803. The van der Waals surface area contributed by atoms with Gasteiger partial charge < -0.3 is 9.73 Å². The zero-order valence-electron chi connectivity index (χ0n) is 10.9. The van der Waals surface area contributed by atoms with Gasteiger partial charge in [0.1, 0.15) is 11.8 Å². The monoisotopic (exact) mass is 283 g/mol. The van der Waals surface area contributed by atoms with Gasteiger partial charge in [-0.15, -0.1) is 11.3 Å². The number of hydrogen-bond acceptors (Lipinski definition) is 3. The highest BCUT2D eigenvalue weighted by Crippen LogP contribution is 2.31. The molecule has 0 amide bonds. The molecule has 0 saturated carbocycles. The van der Waals surface area contributed by atoms with E-state index in [1.54, 1.807) is 17.6 Å². The van der Waals surface area contributed by atoms with Gasteiger partial charge in [0, 0.05) is 11.4 Å². The van der Waals surface area contributed by atoms with Crippen molar-refractivity contribution >= 4 is 22.9 Å². The maximum Gasteiger partial charge on any atom is 0.126 e. The highest BCUT2D eigenvalue weighted by Gasteiger charge is 2.21. The highest BCUT2D eigenvalue weighted by molar-refractivity contribution is 7.16. The quantitative estimate of drug-likeness (QED) is 0.878. The third kappa shape index (κ3) is 3.61. The molecule has 1 N–H and O–H groups in total. The van der Waals surface area contributed by atoms with E-state index in [-0.39, 0.29) is 11.5 Å². The molecule has 2 rings (SSSR count). The van der Waals surface area contributed by atoms with Crippen LogP contribution in [0.5, 0.6) is 0 Å². The lowest BCUT2D eigenvalue weighted by atomic mass is 9.96. The molecule has 18 heavy (non-hydrogen) atoms. The summed E-state index contributed by atoms with van der Waals surface area (Å²) < 4.78 is 6.33. The summed E-state index contributed by atoms with van der Waals surface area (Å²) in [6, 6.07) is 7.97. The van der Waals surface area contributed by atoms with E-state index in [9.17, 15) is 0 Å². The molecule has 0 aromatic carbocycles. The van der Waals surface area contributed by atoms with Crippen LogP contribution in [-0.2, 0) is 0 Å². The van der Waals surface area contributed by atoms with Gasteiger partial charge in [0.05, 0.1) is 10.6 Å². The minimum Gasteiger partial charge on any atom is -0.467 e. The molecule has 1 unspecified atom stereocenters. The normalized spacial score (nSPS) is 13.8. The second-order valence-electron chi connectivity index (χ2n) is 5.53. The summed E-state index contributed by atoms with van der Waals surface area (Å²) in [5, 5.41) is 3.55. The van der Waals surface area contributed by atoms with Crippen LogP contribution in [0.3, 0.4) is 0 Å². The Morgan fingerprint density at radius 3 is 2.61 bits per heavy atom. The summed E-state index contributed by atoms with van der Waals surface area (Å²) in [5.41, 5.74) is 0.228. The van der Waals surface area contributed by atoms with Gasteiger partial charge in [-0.1, -0.05) is 32.4 Å². The molecule has 1 atom stereocenters. The number of thiophene rings is 1. The Labute approximate surface area is 117 Å². The summed E-state index contributed by atoms with van der Waals surface area (Å²) >= 11 is 7.60. The van der Waals surface area contributed by atoms with Crippen molar-refractivity contribution in [2.24, 2.45) is 5.41 Å². The van der Waals surface area contributed by atoms with E-state index in [1.807, 2.05) is 18.2 Å². The van der Waals surface area contributed by atoms with Crippen LogP contribution in [0, 0.1) is 5.41 Å². The number of halogens is 1. The van der Waals surface area contributed by atoms with Crippen LogP contribution in [0.1, 0.15) is 37.5 Å². The Balaban J connectivity index is 2.19. The topological polar surface area (TPSA) is 25.2 Å². The van der Waals surface area contributed by atoms with Crippen LogP contribution in [0.25, 0.3) is 0 Å². The van der Waals surface area contributed by atoms with Crippen LogP contribution in [-0.4, -0.2) is 6.54 Å². The van der Waals surface area contributed by atoms with Crippen molar-refractivity contribution in [1.82, 2.24) is 5.32 Å². The second-order valence-corrected chi connectivity index (χ2v) is 7.28. The Kier molecular flexibility index (Phi) is 4.15. The lowest BCUT2D eigenvalue weighted by Crippen LogP contribution is -2.30. The molecule has 0 fully saturated rings. The average Bonchev–Trinajstić information content (AvgIpc) is 2.89. The fourth-order valence-corrected chi connectivity index (χ4v) is 2.83. The van der Waals surface area contributed by atoms with Gasteiger partial charge in [0.15, 0.2) is 0 Å². The van der Waals surface area contributed by atoms with Crippen molar-refractivity contribution in [3.8, 4) is 0 Å². The SMILES string of the molecule is CC(C)(C)CNC(c1ccco1)c1ccc(Cl)s1. The maximum atomic E-state index is 6.02. The van der Waals surface area contributed by atoms with Gasteiger partial charge in [-0.25, -0.2) is 0 Å². The first kappa shape index (κ1) is 13.7. The van der Waals surface area contributed by atoms with Crippen LogP contribution in [0.15, 0.2) is 34.9 Å². The molecule has 2 aromatic heterocycles. The standard InChI is InChI=1S/C14H18ClNOS/c1-14(2,3)9-16-13(10-5-4-8-17-10)11-6-7-12(15)18-11/h4-8,13,16H,9H2,1-3H3. The first-order valence-corrected chi connectivity index (χ1v) is 7.17. The molecule has 0 aliphatic carbocycles. The molecule has 0 aliphatic rings. The largest absolute Gasteiger partial charge is 0.467 e. The lowest BCUT2D eigenvalue weighted by molar-refractivity contribution is 0.349. The van der Waals surface area contributed by atoms with Crippen LogP contribution < -0.4 is 5.32 Å². The molecule has 98 valence electrons. The molecule has 0 saturated heterocycles. The Morgan fingerprint density at radius 2 is 2.11 bits per heavy atom. The van der Waals surface area contributed by atoms with Gasteiger partial charge >= 0.3 is 0 Å². The molecule has 2 nitrogen and oxygen atoms in total. The van der Waals surface area contributed by atoms with E-state index in [4.69, 9.17) is 16.0 Å². The van der Waals surface area contributed by atoms with Gasteiger partial charge in [-0.3, -0.25) is 0 Å². The summed E-state index contributed by atoms with van der Waals surface area (Å²) in [4.78, 5) is 1.18. The maximum absolute atomic E-state index is 6.02. The smallest absolute Gasteiger partial charge is 0.126 e. The van der Waals surface area contributed by atoms with Crippen molar-refractivity contribution in [3.63, 3.8) is 0 Å². The van der Waals surface area contributed by atoms with Crippen molar-refractivity contribution in [2.75, 3.05) is 6.54 Å². The molecule has 2 heterocycles. The van der Waals surface area contributed by atoms with Gasteiger partial charge in [0.2, 0.25) is 0 Å². The molecular formula is C14H18ClNOS. The number of nitrogens with one attached hydrogen (secondary N) is 1. The zero-order chi connectivity index (χ0) is 13.2. The fourth-order valence-electron chi connectivity index (χ4n) is 1.69. The summed E-state index contributed by atoms with van der Waals surface area (Å²) in [6.07, 6.45) is 1.70. The fraction of sp³-hybridized carbons (Fsp3) is 0.429. The van der Waals surface area contributed by atoms with E-state index in [2.05, 4.69) is 32.2 Å². The Bertz CT molecular complexity index is 484. The average molecular weight is 284 g/mol. The minimum atomic E-state index is 0.0803. The molecule has 0 aliphatic heterocycles. The molecule has 2 aromatic rings. The first-order chi connectivity index (χ1) is 8.46. The van der Waals surface area contributed by atoms with Crippen molar-refractivity contribution in [3.05, 3.63) is 45.5 Å². The number of hydrogen-bond donors (Lipinski definition) is 1. The molecule has 0 radical (unpaired) electrons. The van der Waals surface area contributed by atoms with E-state index < -0.39 is 0 Å². The Morgan fingerprint density at radius 1 is 1.33 bits per heavy atom. The third-order valence-electron chi connectivity index (χ3n) is 2.54.